The van der Waals surface area contributed by atoms with Crippen molar-refractivity contribution in [1.29, 1.82) is 0 Å². The molecular formula is C29H23N3O2. The van der Waals surface area contributed by atoms with Crippen molar-refractivity contribution in [2.75, 3.05) is 0 Å². The van der Waals surface area contributed by atoms with Gasteiger partial charge in [-0.05, 0) is 71.5 Å². The Kier molecular flexibility index (Phi) is 5.75. The Morgan fingerprint density at radius 3 is 2.65 bits per heavy atom. The number of H-pyrrole nitrogens is 1. The third-order valence-electron chi connectivity index (χ3n) is 5.85. The molecule has 0 saturated heterocycles. The molecule has 0 radical (unpaired) electrons. The van der Waals surface area contributed by atoms with E-state index in [2.05, 4.69) is 57.7 Å². The lowest BCUT2D eigenvalue weighted by Gasteiger charge is -2.10. The Balaban J connectivity index is 1.48. The van der Waals surface area contributed by atoms with Crippen LogP contribution in [0.5, 0.6) is 0 Å². The molecule has 0 aliphatic heterocycles. The predicted molar refractivity (Wildman–Crippen MR) is 135 cm³/mol. The Hall–Kier alpha value is -4.51. The highest BCUT2D eigenvalue weighted by Crippen LogP contribution is 2.31. The number of nitrogens with zero attached hydrogens (tertiary/aromatic N) is 2. The van der Waals surface area contributed by atoms with Crippen LogP contribution in [0, 0.1) is 6.92 Å². The maximum absolute atomic E-state index is 11.4. The summed E-state index contributed by atoms with van der Waals surface area (Å²) < 4.78 is 0. The third-order valence-corrected chi connectivity index (χ3v) is 5.85. The van der Waals surface area contributed by atoms with Gasteiger partial charge in [0.25, 0.3) is 0 Å². The van der Waals surface area contributed by atoms with Crippen molar-refractivity contribution in [3.8, 4) is 11.4 Å². The average molecular weight is 446 g/mol. The summed E-state index contributed by atoms with van der Waals surface area (Å²) in [6, 6.07) is 13.0. The van der Waals surface area contributed by atoms with E-state index in [1.165, 1.54) is 0 Å². The summed E-state index contributed by atoms with van der Waals surface area (Å²) in [5.74, 6) is -0.923. The zero-order valence-corrected chi connectivity index (χ0v) is 18.7. The fourth-order valence-corrected chi connectivity index (χ4v) is 4.13. The Labute approximate surface area is 197 Å². The van der Waals surface area contributed by atoms with Crippen molar-refractivity contribution in [2.24, 2.45) is 0 Å². The molecular weight excluding hydrogens is 422 g/mol. The largest absolute Gasteiger partial charge is 0.478 e. The van der Waals surface area contributed by atoms with Crippen LogP contribution in [0.15, 0.2) is 108 Å². The summed E-state index contributed by atoms with van der Waals surface area (Å²) in [4.78, 5) is 16.0. The summed E-state index contributed by atoms with van der Waals surface area (Å²) in [5.41, 5.74) is 9.11. The molecule has 2 N–H and O–H groups in total. The molecule has 0 fully saturated rings. The lowest BCUT2D eigenvalue weighted by Crippen LogP contribution is -1.96. The second-order valence-electron chi connectivity index (χ2n) is 8.18. The predicted octanol–water partition coefficient (Wildman–Crippen LogP) is 6.33. The number of carbonyl (C=O) groups is 1. The molecule has 2 heterocycles. The number of aromatic amines is 1. The summed E-state index contributed by atoms with van der Waals surface area (Å²) in [6.45, 7) is 1.98. The molecule has 0 spiro atoms. The van der Waals surface area contributed by atoms with Crippen molar-refractivity contribution in [3.63, 3.8) is 0 Å². The van der Waals surface area contributed by atoms with Gasteiger partial charge in [0.05, 0.1) is 23.1 Å². The number of carboxylic acids is 1. The maximum Gasteiger partial charge on any atom is 0.335 e. The molecule has 0 atom stereocenters. The quantitative estimate of drug-likeness (QED) is 0.492. The number of aromatic carboxylic acids is 1. The molecule has 5 nitrogen and oxygen atoms in total. The molecule has 5 rings (SSSR count). The molecule has 0 unspecified atom stereocenters. The van der Waals surface area contributed by atoms with Crippen LogP contribution >= 0.6 is 0 Å². The van der Waals surface area contributed by atoms with Gasteiger partial charge in [0.2, 0.25) is 0 Å². The van der Waals surface area contributed by atoms with Crippen LogP contribution < -0.4 is 0 Å². The molecule has 2 aliphatic rings. The first-order valence-electron chi connectivity index (χ1n) is 11.1. The first kappa shape index (κ1) is 21.3. The van der Waals surface area contributed by atoms with E-state index in [0.717, 1.165) is 56.9 Å². The minimum absolute atomic E-state index is 0.286. The number of aryl methyl sites for hydroxylation is 1. The number of pyridine rings is 1. The van der Waals surface area contributed by atoms with E-state index in [4.69, 9.17) is 0 Å². The number of fused-ring (bicyclic) bond motifs is 1. The molecule has 2 aliphatic carbocycles. The normalized spacial score (nSPS) is 16.1. The number of hydrogen-bond donors (Lipinski definition) is 2. The number of hydrogen-bond acceptors (Lipinski definition) is 3. The zero-order valence-electron chi connectivity index (χ0n) is 18.7. The van der Waals surface area contributed by atoms with Crippen LogP contribution in [-0.4, -0.2) is 26.3 Å². The van der Waals surface area contributed by atoms with E-state index in [1.807, 2.05) is 43.5 Å². The van der Waals surface area contributed by atoms with Crippen molar-refractivity contribution < 1.29 is 9.90 Å². The number of carboxylic acid groups (broad SMARTS) is 1. The molecule has 34 heavy (non-hydrogen) atoms. The summed E-state index contributed by atoms with van der Waals surface area (Å²) in [6.07, 6.45) is 19.4. The highest BCUT2D eigenvalue weighted by atomic mass is 16.4. The van der Waals surface area contributed by atoms with Crippen molar-refractivity contribution in [1.82, 2.24) is 15.2 Å². The lowest BCUT2D eigenvalue weighted by molar-refractivity contribution is 0.0697. The van der Waals surface area contributed by atoms with Crippen molar-refractivity contribution >= 4 is 17.1 Å². The van der Waals surface area contributed by atoms with E-state index >= 15 is 0 Å². The summed E-state index contributed by atoms with van der Waals surface area (Å²) in [5, 5.41) is 16.7. The molecule has 5 heteroatoms. The van der Waals surface area contributed by atoms with Gasteiger partial charge in [0, 0.05) is 11.3 Å². The van der Waals surface area contributed by atoms with E-state index in [-0.39, 0.29) is 5.56 Å². The highest BCUT2D eigenvalue weighted by Gasteiger charge is 2.14. The van der Waals surface area contributed by atoms with Crippen LogP contribution in [0.1, 0.15) is 33.6 Å². The zero-order chi connectivity index (χ0) is 23.5. The second-order valence-corrected chi connectivity index (χ2v) is 8.18. The van der Waals surface area contributed by atoms with E-state index in [9.17, 15) is 9.90 Å². The van der Waals surface area contributed by atoms with Gasteiger partial charge >= 0.3 is 5.97 Å². The molecule has 1 aromatic carbocycles. The fraction of sp³-hybridized carbons (Fsp3) is 0.0690. The van der Waals surface area contributed by atoms with Crippen LogP contribution in [0.3, 0.4) is 0 Å². The number of aromatic nitrogens is 3. The monoisotopic (exact) mass is 445 g/mol. The van der Waals surface area contributed by atoms with Gasteiger partial charge in [-0.15, -0.1) is 0 Å². The topological polar surface area (TPSA) is 78.9 Å². The van der Waals surface area contributed by atoms with Gasteiger partial charge in [0.15, 0.2) is 0 Å². The van der Waals surface area contributed by atoms with Crippen LogP contribution in [0.4, 0.5) is 0 Å². The smallest absolute Gasteiger partial charge is 0.335 e. The van der Waals surface area contributed by atoms with Gasteiger partial charge in [-0.3, -0.25) is 10.1 Å². The molecule has 2 aromatic heterocycles. The minimum atomic E-state index is -0.923. The van der Waals surface area contributed by atoms with E-state index in [1.54, 1.807) is 18.2 Å². The number of nitrogens with one attached hydrogen (secondary N) is 1. The highest BCUT2D eigenvalue weighted by molar-refractivity contribution is 5.90. The van der Waals surface area contributed by atoms with Gasteiger partial charge in [-0.25, -0.2) is 4.79 Å². The number of allylic oxidation sites excluding steroid dienone is 12. The maximum atomic E-state index is 11.4. The third kappa shape index (κ3) is 4.36. The standard InChI is InChI=1S/C29H23N3O2/c1-19-6-2-13-27(31-19)28-26(18-30-32-28)21-8-4-9-22-16-23(10-3-7-20(22)14-15-21)24-11-5-12-25(17-24)29(33)34/h2,4-18H,3H2,1H3,(H,30,32)(H,33,34)/b9-4+,15-14?,21-8?. The van der Waals surface area contributed by atoms with Crippen LogP contribution in [0.2, 0.25) is 0 Å². The molecule has 0 saturated carbocycles. The first-order valence-corrected chi connectivity index (χ1v) is 11.1. The van der Waals surface area contributed by atoms with E-state index < -0.39 is 5.97 Å². The van der Waals surface area contributed by atoms with Gasteiger partial charge in [-0.2, -0.15) is 5.10 Å². The van der Waals surface area contributed by atoms with Gasteiger partial charge < -0.3 is 5.11 Å². The summed E-state index contributed by atoms with van der Waals surface area (Å²) >= 11 is 0. The first-order chi connectivity index (χ1) is 16.6. The average Bonchev–Trinajstić information content (AvgIpc) is 3.22. The second kappa shape index (κ2) is 9.16. The number of benzene rings is 1. The molecule has 166 valence electrons. The van der Waals surface area contributed by atoms with Crippen molar-refractivity contribution in [2.45, 2.75) is 13.3 Å². The van der Waals surface area contributed by atoms with Crippen molar-refractivity contribution in [3.05, 3.63) is 131 Å². The fourth-order valence-electron chi connectivity index (χ4n) is 4.13. The molecule has 3 aromatic rings. The Morgan fingerprint density at radius 1 is 0.971 bits per heavy atom. The van der Waals surface area contributed by atoms with Gasteiger partial charge in [0.1, 0.15) is 0 Å². The van der Waals surface area contributed by atoms with Crippen LogP contribution in [0.25, 0.3) is 22.5 Å². The Morgan fingerprint density at radius 2 is 1.79 bits per heavy atom. The summed E-state index contributed by atoms with van der Waals surface area (Å²) in [7, 11) is 0. The van der Waals surface area contributed by atoms with Crippen LogP contribution in [-0.2, 0) is 0 Å². The van der Waals surface area contributed by atoms with E-state index in [0.29, 0.717) is 0 Å². The molecule has 0 bridgehead atoms. The lowest BCUT2D eigenvalue weighted by atomic mass is 9.95. The SMILES string of the molecule is Cc1cccc(-c2[nH]ncc2C2=C/C=C/C3=CC(c4cccc(C(=O)O)c4)=CCC=C3C=C2)n1. The minimum Gasteiger partial charge on any atom is -0.478 e. The van der Waals surface area contributed by atoms with Gasteiger partial charge in [-0.1, -0.05) is 60.7 Å². The Bertz CT molecular complexity index is 1460. The molecule has 0 amide bonds. The number of rotatable bonds is 4.